The van der Waals surface area contributed by atoms with Crippen molar-refractivity contribution in [3.63, 3.8) is 0 Å². The number of anilines is 1. The minimum absolute atomic E-state index is 0.174. The van der Waals surface area contributed by atoms with Crippen LogP contribution < -0.4 is 10.1 Å². The van der Waals surface area contributed by atoms with E-state index >= 15 is 0 Å². The second kappa shape index (κ2) is 8.30. The SMILES string of the molecule is COCCn1ccc(NC(=O)N(C)Cc2ccc(OC)c(F)c2)n1. The van der Waals surface area contributed by atoms with Crippen LogP contribution in [0.15, 0.2) is 30.5 Å². The Hall–Kier alpha value is -2.61. The van der Waals surface area contributed by atoms with Gasteiger partial charge in [-0.3, -0.25) is 10.00 Å². The van der Waals surface area contributed by atoms with Gasteiger partial charge in [0.05, 0.1) is 20.3 Å². The van der Waals surface area contributed by atoms with Gasteiger partial charge in [0.15, 0.2) is 17.4 Å². The normalized spacial score (nSPS) is 10.5. The third-order valence-electron chi connectivity index (χ3n) is 3.38. The number of nitrogens with one attached hydrogen (secondary N) is 1. The van der Waals surface area contributed by atoms with Gasteiger partial charge in [-0.15, -0.1) is 0 Å². The Kier molecular flexibility index (Phi) is 6.14. The third-order valence-corrected chi connectivity index (χ3v) is 3.38. The van der Waals surface area contributed by atoms with E-state index in [4.69, 9.17) is 9.47 Å². The fraction of sp³-hybridized carbons (Fsp3) is 0.375. The van der Waals surface area contributed by atoms with Gasteiger partial charge in [-0.1, -0.05) is 6.07 Å². The monoisotopic (exact) mass is 336 g/mol. The molecular weight excluding hydrogens is 315 g/mol. The van der Waals surface area contributed by atoms with E-state index in [2.05, 4.69) is 10.4 Å². The van der Waals surface area contributed by atoms with Crippen LogP contribution in [0.5, 0.6) is 5.75 Å². The molecule has 8 heteroatoms. The summed E-state index contributed by atoms with van der Waals surface area (Å²) in [5.41, 5.74) is 0.663. The summed E-state index contributed by atoms with van der Waals surface area (Å²) in [7, 11) is 4.64. The van der Waals surface area contributed by atoms with Crippen molar-refractivity contribution in [3.05, 3.63) is 41.8 Å². The van der Waals surface area contributed by atoms with Crippen molar-refractivity contribution >= 4 is 11.8 Å². The molecule has 1 aromatic heterocycles. The molecule has 2 aromatic rings. The molecule has 2 rings (SSSR count). The molecule has 0 spiro atoms. The lowest BCUT2D eigenvalue weighted by molar-refractivity contribution is 0.183. The topological polar surface area (TPSA) is 68.6 Å². The van der Waals surface area contributed by atoms with E-state index < -0.39 is 5.82 Å². The zero-order chi connectivity index (χ0) is 17.5. The Morgan fingerprint density at radius 1 is 1.38 bits per heavy atom. The molecule has 0 aliphatic carbocycles. The molecule has 1 aromatic carbocycles. The van der Waals surface area contributed by atoms with Gasteiger partial charge in [0.25, 0.3) is 0 Å². The highest BCUT2D eigenvalue weighted by molar-refractivity contribution is 5.87. The molecule has 2 amide bonds. The number of carbonyl (C=O) groups excluding carboxylic acids is 1. The van der Waals surface area contributed by atoms with Gasteiger partial charge in [-0.2, -0.15) is 5.10 Å². The average molecular weight is 336 g/mol. The number of aromatic nitrogens is 2. The molecule has 0 aliphatic rings. The molecule has 0 saturated heterocycles. The van der Waals surface area contributed by atoms with E-state index in [1.165, 1.54) is 24.1 Å². The van der Waals surface area contributed by atoms with Gasteiger partial charge in [-0.05, 0) is 17.7 Å². The Morgan fingerprint density at radius 3 is 2.83 bits per heavy atom. The van der Waals surface area contributed by atoms with Gasteiger partial charge in [0.2, 0.25) is 0 Å². The molecule has 0 saturated carbocycles. The van der Waals surface area contributed by atoms with Crippen LogP contribution in [0, 0.1) is 5.82 Å². The van der Waals surface area contributed by atoms with E-state index in [0.717, 1.165) is 0 Å². The lowest BCUT2D eigenvalue weighted by Gasteiger charge is -2.17. The number of nitrogens with zero attached hydrogens (tertiary/aromatic N) is 3. The van der Waals surface area contributed by atoms with Crippen LogP contribution in [-0.2, 0) is 17.8 Å². The molecule has 0 radical (unpaired) electrons. The van der Waals surface area contributed by atoms with Crippen molar-refractivity contribution in [3.8, 4) is 5.75 Å². The van der Waals surface area contributed by atoms with Gasteiger partial charge in [-0.25, -0.2) is 9.18 Å². The van der Waals surface area contributed by atoms with Crippen molar-refractivity contribution in [2.24, 2.45) is 0 Å². The minimum Gasteiger partial charge on any atom is -0.494 e. The maximum absolute atomic E-state index is 13.7. The Balaban J connectivity index is 1.92. The summed E-state index contributed by atoms with van der Waals surface area (Å²) in [5.74, 6) is 0.164. The summed E-state index contributed by atoms with van der Waals surface area (Å²) in [6.07, 6.45) is 1.76. The Labute approximate surface area is 140 Å². The Bertz CT molecular complexity index is 690. The number of ether oxygens (including phenoxy) is 2. The zero-order valence-corrected chi connectivity index (χ0v) is 14.0. The molecule has 130 valence electrons. The second-order valence-electron chi connectivity index (χ2n) is 5.21. The summed E-state index contributed by atoms with van der Waals surface area (Å²) in [6, 6.07) is 5.97. The highest BCUT2D eigenvalue weighted by Crippen LogP contribution is 2.18. The maximum Gasteiger partial charge on any atom is 0.323 e. The molecule has 0 aliphatic heterocycles. The summed E-state index contributed by atoms with van der Waals surface area (Å²) < 4.78 is 25.2. The zero-order valence-electron chi connectivity index (χ0n) is 14.0. The van der Waals surface area contributed by atoms with Gasteiger partial charge < -0.3 is 14.4 Å². The van der Waals surface area contributed by atoms with Gasteiger partial charge >= 0.3 is 6.03 Å². The van der Waals surface area contributed by atoms with Crippen molar-refractivity contribution < 1.29 is 18.7 Å². The standard InChI is InChI=1S/C16H21FN4O3/c1-20(11-12-4-5-14(24-3)13(17)10-12)16(22)18-15-6-7-21(19-15)8-9-23-2/h4-7,10H,8-9,11H2,1-3H3,(H,18,19,22). The largest absolute Gasteiger partial charge is 0.494 e. The highest BCUT2D eigenvalue weighted by Gasteiger charge is 2.12. The van der Waals surface area contributed by atoms with Gasteiger partial charge in [0.1, 0.15) is 0 Å². The van der Waals surface area contributed by atoms with Crippen LogP contribution in [0.1, 0.15) is 5.56 Å². The van der Waals surface area contributed by atoms with E-state index in [-0.39, 0.29) is 18.3 Å². The minimum atomic E-state index is -0.458. The van der Waals surface area contributed by atoms with Crippen LogP contribution in [0.2, 0.25) is 0 Å². The van der Waals surface area contributed by atoms with E-state index in [1.807, 2.05) is 0 Å². The first-order chi connectivity index (χ1) is 11.5. The van der Waals surface area contributed by atoms with Crippen LogP contribution in [0.25, 0.3) is 0 Å². The molecule has 24 heavy (non-hydrogen) atoms. The van der Waals surface area contributed by atoms with E-state index in [0.29, 0.717) is 24.5 Å². The molecule has 0 fully saturated rings. The molecular formula is C16H21FN4O3. The number of rotatable bonds is 7. The number of amides is 2. The van der Waals surface area contributed by atoms with Crippen LogP contribution >= 0.6 is 0 Å². The van der Waals surface area contributed by atoms with Crippen LogP contribution in [0.3, 0.4) is 0 Å². The third kappa shape index (κ3) is 4.69. The number of methoxy groups -OCH3 is 2. The first-order valence-electron chi connectivity index (χ1n) is 7.40. The van der Waals surface area contributed by atoms with Crippen molar-refractivity contribution in [1.82, 2.24) is 14.7 Å². The van der Waals surface area contributed by atoms with Gasteiger partial charge in [0, 0.05) is 33.0 Å². The predicted molar refractivity (Wildman–Crippen MR) is 87.5 cm³/mol. The molecule has 1 heterocycles. The molecule has 0 atom stereocenters. The fourth-order valence-corrected chi connectivity index (χ4v) is 2.10. The van der Waals surface area contributed by atoms with E-state index in [9.17, 15) is 9.18 Å². The number of carbonyl (C=O) groups is 1. The van der Waals surface area contributed by atoms with Crippen molar-refractivity contribution in [2.45, 2.75) is 13.1 Å². The summed E-state index contributed by atoms with van der Waals surface area (Å²) in [4.78, 5) is 13.6. The van der Waals surface area contributed by atoms with Crippen molar-refractivity contribution in [1.29, 1.82) is 0 Å². The summed E-state index contributed by atoms with van der Waals surface area (Å²) in [5, 5.41) is 6.91. The second-order valence-corrected chi connectivity index (χ2v) is 5.21. The lowest BCUT2D eigenvalue weighted by atomic mass is 10.2. The quantitative estimate of drug-likeness (QED) is 0.843. The first-order valence-corrected chi connectivity index (χ1v) is 7.40. The molecule has 0 bridgehead atoms. The molecule has 7 nitrogen and oxygen atoms in total. The summed E-state index contributed by atoms with van der Waals surface area (Å²) in [6.45, 7) is 1.41. The smallest absolute Gasteiger partial charge is 0.323 e. The number of halogens is 1. The molecule has 1 N–H and O–H groups in total. The van der Waals surface area contributed by atoms with Crippen LogP contribution in [0.4, 0.5) is 15.0 Å². The van der Waals surface area contributed by atoms with Crippen molar-refractivity contribution in [2.75, 3.05) is 33.2 Å². The molecule has 0 unspecified atom stereocenters. The maximum atomic E-state index is 13.7. The number of urea groups is 1. The number of hydrogen-bond acceptors (Lipinski definition) is 4. The number of hydrogen-bond donors (Lipinski definition) is 1. The average Bonchev–Trinajstić information content (AvgIpc) is 3.00. The predicted octanol–water partition coefficient (Wildman–Crippen LogP) is 2.34. The van der Waals surface area contributed by atoms with E-state index in [1.54, 1.807) is 37.2 Å². The highest BCUT2D eigenvalue weighted by atomic mass is 19.1. The summed E-state index contributed by atoms with van der Waals surface area (Å²) >= 11 is 0. The Morgan fingerprint density at radius 2 is 2.17 bits per heavy atom. The fourth-order valence-electron chi connectivity index (χ4n) is 2.10. The number of benzene rings is 1. The van der Waals surface area contributed by atoms with Crippen LogP contribution in [-0.4, -0.2) is 48.6 Å². The lowest BCUT2D eigenvalue weighted by Crippen LogP contribution is -2.31. The first kappa shape index (κ1) is 17.7.